The summed E-state index contributed by atoms with van der Waals surface area (Å²) in [5.41, 5.74) is 0. The molecule has 1 rings (SSSR count). The van der Waals surface area contributed by atoms with Crippen molar-refractivity contribution in [2.45, 2.75) is 31.4 Å². The molecule has 2 N–H and O–H groups in total. The van der Waals surface area contributed by atoms with Crippen LogP contribution in [0.4, 0.5) is 0 Å². The molecular formula is C11H15NO5S. The van der Waals surface area contributed by atoms with Gasteiger partial charge in [-0.05, 0) is 25.5 Å². The van der Waals surface area contributed by atoms with Crippen molar-refractivity contribution in [1.82, 2.24) is 5.32 Å². The molecule has 0 aliphatic heterocycles. The molecule has 0 saturated carbocycles. The van der Waals surface area contributed by atoms with Crippen molar-refractivity contribution >= 4 is 22.7 Å². The van der Waals surface area contributed by atoms with Gasteiger partial charge in [-0.3, -0.25) is 9.00 Å². The number of nitrogens with one attached hydrogen (secondary N) is 1. The molecule has 0 aliphatic rings. The van der Waals surface area contributed by atoms with Gasteiger partial charge in [0.15, 0.2) is 5.09 Å². The number of carbonyl (C=O) groups is 2. The number of amides is 1. The Morgan fingerprint density at radius 1 is 1.50 bits per heavy atom. The van der Waals surface area contributed by atoms with Gasteiger partial charge in [-0.25, -0.2) is 4.79 Å². The second-order valence-electron chi connectivity index (χ2n) is 3.79. The molecule has 0 saturated heterocycles. The van der Waals surface area contributed by atoms with E-state index in [1.807, 2.05) is 13.8 Å². The Morgan fingerprint density at radius 3 is 2.67 bits per heavy atom. The molecule has 0 spiro atoms. The van der Waals surface area contributed by atoms with E-state index in [4.69, 9.17) is 9.52 Å². The Bertz CT molecular complexity index is 468. The molecule has 0 radical (unpaired) electrons. The molecule has 7 heteroatoms. The Hall–Kier alpha value is -1.63. The molecule has 0 aliphatic carbocycles. The SMILES string of the molecule is CCC(C)NC(=O)CS(=O)c1ccc(C(=O)O)o1. The first-order chi connectivity index (χ1) is 8.43. The normalized spacial score (nSPS) is 13.9. The van der Waals surface area contributed by atoms with Gasteiger partial charge in [0.25, 0.3) is 0 Å². The van der Waals surface area contributed by atoms with Crippen molar-refractivity contribution < 1.29 is 23.3 Å². The maximum absolute atomic E-state index is 11.7. The van der Waals surface area contributed by atoms with Crippen LogP contribution in [0.25, 0.3) is 0 Å². The highest BCUT2D eigenvalue weighted by atomic mass is 32.2. The van der Waals surface area contributed by atoms with Gasteiger partial charge < -0.3 is 14.8 Å². The van der Waals surface area contributed by atoms with E-state index in [1.54, 1.807) is 0 Å². The number of hydrogen-bond acceptors (Lipinski definition) is 4. The Balaban J connectivity index is 2.59. The zero-order valence-electron chi connectivity index (χ0n) is 10.1. The van der Waals surface area contributed by atoms with E-state index in [0.717, 1.165) is 6.42 Å². The third-order valence-corrected chi connectivity index (χ3v) is 3.49. The van der Waals surface area contributed by atoms with E-state index in [2.05, 4.69) is 5.32 Å². The first-order valence-corrected chi connectivity index (χ1v) is 6.76. The molecule has 100 valence electrons. The second kappa shape index (κ2) is 6.34. The molecule has 1 aromatic rings. The highest BCUT2D eigenvalue weighted by Crippen LogP contribution is 2.12. The molecule has 6 nitrogen and oxygen atoms in total. The minimum absolute atomic E-state index is 0.00768. The fourth-order valence-electron chi connectivity index (χ4n) is 1.17. The first kappa shape index (κ1) is 14.4. The minimum atomic E-state index is -1.67. The summed E-state index contributed by atoms with van der Waals surface area (Å²) in [5, 5.41) is 11.3. The van der Waals surface area contributed by atoms with Crippen LogP contribution in [0.2, 0.25) is 0 Å². The lowest BCUT2D eigenvalue weighted by molar-refractivity contribution is -0.119. The summed E-state index contributed by atoms with van der Waals surface area (Å²) in [4.78, 5) is 22.0. The van der Waals surface area contributed by atoms with E-state index in [-0.39, 0.29) is 28.6 Å². The Kier molecular flexibility index (Phi) is 5.08. The lowest BCUT2D eigenvalue weighted by Crippen LogP contribution is -2.35. The van der Waals surface area contributed by atoms with E-state index < -0.39 is 16.8 Å². The number of carbonyl (C=O) groups excluding carboxylic acids is 1. The average molecular weight is 273 g/mol. The quantitative estimate of drug-likeness (QED) is 0.806. The van der Waals surface area contributed by atoms with E-state index in [9.17, 15) is 13.8 Å². The highest BCUT2D eigenvalue weighted by Gasteiger charge is 2.17. The Labute approximate surface area is 107 Å². The fraction of sp³-hybridized carbons (Fsp3) is 0.455. The summed E-state index contributed by atoms with van der Waals surface area (Å²) in [6, 6.07) is 2.53. The van der Waals surface area contributed by atoms with Gasteiger partial charge in [0.2, 0.25) is 11.7 Å². The van der Waals surface area contributed by atoms with Gasteiger partial charge in [-0.1, -0.05) is 6.92 Å². The molecule has 2 atom stereocenters. The second-order valence-corrected chi connectivity index (χ2v) is 5.17. The molecule has 0 bridgehead atoms. The molecule has 1 amide bonds. The molecule has 1 aromatic heterocycles. The summed E-state index contributed by atoms with van der Waals surface area (Å²) in [6.07, 6.45) is 0.780. The topological polar surface area (TPSA) is 96.6 Å². The van der Waals surface area contributed by atoms with Crippen molar-refractivity contribution in [2.75, 3.05) is 5.75 Å². The minimum Gasteiger partial charge on any atom is -0.475 e. The monoisotopic (exact) mass is 273 g/mol. The van der Waals surface area contributed by atoms with Crippen LogP contribution in [-0.4, -0.2) is 33.0 Å². The van der Waals surface area contributed by atoms with Gasteiger partial charge in [-0.2, -0.15) is 0 Å². The van der Waals surface area contributed by atoms with Crippen LogP contribution < -0.4 is 5.32 Å². The number of furan rings is 1. The lowest BCUT2D eigenvalue weighted by Gasteiger charge is -2.10. The molecule has 18 heavy (non-hydrogen) atoms. The lowest BCUT2D eigenvalue weighted by atomic mass is 10.3. The van der Waals surface area contributed by atoms with Crippen molar-refractivity contribution in [3.05, 3.63) is 17.9 Å². The number of carboxylic acids is 1. The van der Waals surface area contributed by atoms with Crippen LogP contribution in [-0.2, 0) is 15.6 Å². The number of rotatable bonds is 6. The van der Waals surface area contributed by atoms with Crippen molar-refractivity contribution in [3.63, 3.8) is 0 Å². The summed E-state index contributed by atoms with van der Waals surface area (Å²) in [7, 11) is -1.67. The van der Waals surface area contributed by atoms with Crippen LogP contribution in [0, 0.1) is 0 Å². The van der Waals surface area contributed by atoms with Gasteiger partial charge in [-0.15, -0.1) is 0 Å². The van der Waals surface area contributed by atoms with Crippen LogP contribution >= 0.6 is 0 Å². The van der Waals surface area contributed by atoms with Crippen LogP contribution in [0.1, 0.15) is 30.8 Å². The maximum Gasteiger partial charge on any atom is 0.371 e. The Morgan fingerprint density at radius 2 is 2.17 bits per heavy atom. The molecule has 2 unspecified atom stereocenters. The molecule has 0 aromatic carbocycles. The van der Waals surface area contributed by atoms with Crippen molar-refractivity contribution in [1.29, 1.82) is 0 Å². The maximum atomic E-state index is 11.7. The summed E-state index contributed by atoms with van der Waals surface area (Å²) in [5.74, 6) is -2.12. The largest absolute Gasteiger partial charge is 0.475 e. The fourth-order valence-corrected chi connectivity index (χ4v) is 2.03. The smallest absolute Gasteiger partial charge is 0.371 e. The molecule has 0 fully saturated rings. The van der Waals surface area contributed by atoms with Gasteiger partial charge in [0, 0.05) is 6.04 Å². The summed E-state index contributed by atoms with van der Waals surface area (Å²) < 4.78 is 16.6. The summed E-state index contributed by atoms with van der Waals surface area (Å²) in [6.45, 7) is 3.77. The van der Waals surface area contributed by atoms with Crippen molar-refractivity contribution in [2.24, 2.45) is 0 Å². The van der Waals surface area contributed by atoms with Crippen LogP contribution in [0.15, 0.2) is 21.6 Å². The number of aromatic carboxylic acids is 1. The van der Waals surface area contributed by atoms with Gasteiger partial charge >= 0.3 is 5.97 Å². The molecule has 1 heterocycles. The zero-order chi connectivity index (χ0) is 13.7. The zero-order valence-corrected chi connectivity index (χ0v) is 11.0. The predicted octanol–water partition coefficient (Wildman–Crippen LogP) is 1.00. The predicted molar refractivity (Wildman–Crippen MR) is 64.8 cm³/mol. The highest BCUT2D eigenvalue weighted by molar-refractivity contribution is 7.85. The summed E-state index contributed by atoms with van der Waals surface area (Å²) >= 11 is 0. The third-order valence-electron chi connectivity index (χ3n) is 2.30. The van der Waals surface area contributed by atoms with Crippen molar-refractivity contribution in [3.8, 4) is 0 Å². The van der Waals surface area contributed by atoms with Crippen LogP contribution in [0.3, 0.4) is 0 Å². The van der Waals surface area contributed by atoms with E-state index in [1.165, 1.54) is 12.1 Å². The van der Waals surface area contributed by atoms with Crippen LogP contribution in [0.5, 0.6) is 0 Å². The first-order valence-electron chi connectivity index (χ1n) is 5.45. The molecular weight excluding hydrogens is 258 g/mol. The number of carboxylic acid groups (broad SMARTS) is 1. The van der Waals surface area contributed by atoms with Gasteiger partial charge in [0.1, 0.15) is 5.75 Å². The standard InChI is InChI=1S/C11H15NO5S/c1-3-7(2)12-9(13)6-18(16)10-5-4-8(17-10)11(14)15/h4-5,7H,3,6H2,1-2H3,(H,12,13)(H,14,15). The van der Waals surface area contributed by atoms with E-state index >= 15 is 0 Å². The third kappa shape index (κ3) is 3.99. The van der Waals surface area contributed by atoms with Gasteiger partial charge in [0.05, 0.1) is 10.8 Å². The average Bonchev–Trinajstić information content (AvgIpc) is 2.77. The number of hydrogen-bond donors (Lipinski definition) is 2. The van der Waals surface area contributed by atoms with E-state index in [0.29, 0.717) is 0 Å².